The second-order valence-corrected chi connectivity index (χ2v) is 7.79. The molecule has 3 aromatic rings. The van der Waals surface area contributed by atoms with Gasteiger partial charge in [-0.05, 0) is 73.6 Å². The maximum absolute atomic E-state index is 11.6. The van der Waals surface area contributed by atoms with Crippen molar-refractivity contribution in [1.29, 1.82) is 0 Å². The van der Waals surface area contributed by atoms with Gasteiger partial charge in [-0.25, -0.2) is 4.79 Å². The smallest absolute Gasteiger partial charge is 0.337 e. The zero-order chi connectivity index (χ0) is 20.4. The van der Waals surface area contributed by atoms with E-state index in [0.29, 0.717) is 11.6 Å². The number of rotatable bonds is 5. The third kappa shape index (κ3) is 4.10. The molecule has 0 saturated carbocycles. The Bertz CT molecular complexity index is 1040. The predicted octanol–water partition coefficient (Wildman–Crippen LogP) is 5.31. The van der Waals surface area contributed by atoms with Gasteiger partial charge in [0, 0.05) is 36.5 Å². The lowest BCUT2D eigenvalue weighted by Gasteiger charge is -2.24. The van der Waals surface area contributed by atoms with Crippen LogP contribution in [0.3, 0.4) is 0 Å². The summed E-state index contributed by atoms with van der Waals surface area (Å²) in [5.41, 5.74) is 5.38. The van der Waals surface area contributed by atoms with Crippen LogP contribution in [-0.2, 0) is 4.74 Å². The summed E-state index contributed by atoms with van der Waals surface area (Å²) in [6.07, 6.45) is 4.04. The number of nitrogens with one attached hydrogen (secondary N) is 1. The number of nitrogens with zero attached hydrogens (tertiary/aromatic N) is 1. The summed E-state index contributed by atoms with van der Waals surface area (Å²) >= 11 is 0. The molecule has 4 rings (SSSR count). The summed E-state index contributed by atoms with van der Waals surface area (Å²) < 4.78 is 5.50. The van der Waals surface area contributed by atoms with Gasteiger partial charge in [0.15, 0.2) is 0 Å². The van der Waals surface area contributed by atoms with Crippen molar-refractivity contribution in [2.45, 2.75) is 38.6 Å². The quantitative estimate of drug-likeness (QED) is 0.618. The van der Waals surface area contributed by atoms with E-state index in [0.717, 1.165) is 48.1 Å². The van der Waals surface area contributed by atoms with Crippen molar-refractivity contribution in [3.05, 3.63) is 70.9 Å². The summed E-state index contributed by atoms with van der Waals surface area (Å²) in [6, 6.07) is 13.5. The van der Waals surface area contributed by atoms with Crippen LogP contribution in [0.1, 0.15) is 58.8 Å². The minimum Gasteiger partial charge on any atom is -0.478 e. The number of ether oxygens (including phenoxy) is 1. The van der Waals surface area contributed by atoms with Gasteiger partial charge in [-0.2, -0.15) is 0 Å². The summed E-state index contributed by atoms with van der Waals surface area (Å²) in [5, 5.41) is 14.0. The number of para-hydroxylation sites is 1. The van der Waals surface area contributed by atoms with Gasteiger partial charge >= 0.3 is 5.97 Å². The molecule has 5 nitrogen and oxygen atoms in total. The van der Waals surface area contributed by atoms with E-state index in [2.05, 4.69) is 37.4 Å². The minimum absolute atomic E-state index is 0.0651. The van der Waals surface area contributed by atoms with E-state index >= 15 is 0 Å². The molecule has 0 aliphatic carbocycles. The van der Waals surface area contributed by atoms with Crippen molar-refractivity contribution < 1.29 is 14.6 Å². The Balaban J connectivity index is 1.72. The van der Waals surface area contributed by atoms with E-state index < -0.39 is 5.97 Å². The number of hydrogen-bond donors (Lipinski definition) is 2. The first-order valence-corrected chi connectivity index (χ1v) is 10.1. The minimum atomic E-state index is -0.933. The maximum atomic E-state index is 11.6. The highest BCUT2D eigenvalue weighted by Crippen LogP contribution is 2.33. The van der Waals surface area contributed by atoms with Gasteiger partial charge in [0.1, 0.15) is 0 Å². The van der Waals surface area contributed by atoms with Crippen LogP contribution in [0.2, 0.25) is 0 Å². The Morgan fingerprint density at radius 1 is 1.21 bits per heavy atom. The maximum Gasteiger partial charge on any atom is 0.337 e. The molecule has 2 N–H and O–H groups in total. The Morgan fingerprint density at radius 3 is 2.72 bits per heavy atom. The summed E-state index contributed by atoms with van der Waals surface area (Å²) in [7, 11) is 0. The van der Waals surface area contributed by atoms with Crippen molar-refractivity contribution in [3.8, 4) is 0 Å². The lowest BCUT2D eigenvalue weighted by molar-refractivity contribution is 0.0698. The number of aromatic carboxylic acids is 1. The molecule has 0 spiro atoms. The highest BCUT2D eigenvalue weighted by Gasteiger charge is 2.19. The molecule has 2 heterocycles. The molecule has 150 valence electrons. The van der Waals surface area contributed by atoms with E-state index in [1.54, 1.807) is 12.1 Å². The van der Waals surface area contributed by atoms with Crippen LogP contribution in [-0.4, -0.2) is 29.3 Å². The summed E-state index contributed by atoms with van der Waals surface area (Å²) in [6.45, 7) is 5.73. The van der Waals surface area contributed by atoms with Crippen molar-refractivity contribution in [3.63, 3.8) is 0 Å². The number of pyridine rings is 1. The van der Waals surface area contributed by atoms with Gasteiger partial charge in [0.05, 0.1) is 11.1 Å². The van der Waals surface area contributed by atoms with Crippen LogP contribution in [0.25, 0.3) is 10.9 Å². The number of anilines is 1. The van der Waals surface area contributed by atoms with E-state index in [-0.39, 0.29) is 11.6 Å². The molecule has 5 heteroatoms. The van der Waals surface area contributed by atoms with Gasteiger partial charge in [-0.3, -0.25) is 4.98 Å². The zero-order valence-corrected chi connectivity index (χ0v) is 16.8. The number of carbonyl (C=O) groups is 1. The molecule has 0 bridgehead atoms. The fourth-order valence-electron chi connectivity index (χ4n) is 4.14. The number of fused-ring (bicyclic) bond motifs is 1. The number of hydrogen-bond acceptors (Lipinski definition) is 4. The second-order valence-electron chi connectivity index (χ2n) is 7.79. The molecule has 0 radical (unpaired) electrons. The number of carboxylic acid groups (broad SMARTS) is 1. The Hall–Kier alpha value is -2.92. The van der Waals surface area contributed by atoms with E-state index in [9.17, 15) is 9.90 Å². The van der Waals surface area contributed by atoms with Crippen molar-refractivity contribution in [2.24, 2.45) is 0 Å². The highest BCUT2D eigenvalue weighted by atomic mass is 16.5. The van der Waals surface area contributed by atoms with Crippen LogP contribution in [0.5, 0.6) is 0 Å². The van der Waals surface area contributed by atoms with Gasteiger partial charge in [-0.1, -0.05) is 18.2 Å². The van der Waals surface area contributed by atoms with E-state index in [1.807, 2.05) is 18.3 Å². The topological polar surface area (TPSA) is 71.5 Å². The van der Waals surface area contributed by atoms with Crippen LogP contribution in [0, 0.1) is 6.92 Å². The molecule has 1 fully saturated rings. The zero-order valence-electron chi connectivity index (χ0n) is 16.8. The predicted molar refractivity (Wildman–Crippen MR) is 115 cm³/mol. The third-order valence-electron chi connectivity index (χ3n) is 5.69. The lowest BCUT2D eigenvalue weighted by atomic mass is 9.90. The first-order chi connectivity index (χ1) is 14.0. The molecule has 1 unspecified atom stereocenters. The standard InChI is InChI=1S/C24H26N2O3/c1-15-11-20(16(2)26-22-6-4-3-5-19(22)24(27)28)21-13-18(14-25-23(21)12-15)17-7-9-29-10-8-17/h3-6,11-14,16-17,26H,7-10H2,1-2H3,(H,27,28). The first kappa shape index (κ1) is 19.4. The second kappa shape index (κ2) is 8.21. The lowest BCUT2D eigenvalue weighted by Crippen LogP contribution is -2.14. The third-order valence-corrected chi connectivity index (χ3v) is 5.69. The van der Waals surface area contributed by atoms with Gasteiger partial charge in [0.25, 0.3) is 0 Å². The number of aromatic nitrogens is 1. The molecular formula is C24H26N2O3. The molecule has 1 aliphatic rings. The molecule has 1 aromatic heterocycles. The first-order valence-electron chi connectivity index (χ1n) is 10.1. The van der Waals surface area contributed by atoms with E-state index in [4.69, 9.17) is 9.72 Å². The van der Waals surface area contributed by atoms with Crippen LogP contribution in [0.15, 0.2) is 48.7 Å². The molecular weight excluding hydrogens is 364 g/mol. The van der Waals surface area contributed by atoms with Crippen molar-refractivity contribution in [1.82, 2.24) is 4.98 Å². The van der Waals surface area contributed by atoms with Gasteiger partial charge in [-0.15, -0.1) is 0 Å². The fourth-order valence-corrected chi connectivity index (χ4v) is 4.14. The number of carboxylic acids is 1. The Morgan fingerprint density at radius 2 is 1.97 bits per heavy atom. The Kier molecular flexibility index (Phi) is 5.49. The average molecular weight is 390 g/mol. The molecule has 29 heavy (non-hydrogen) atoms. The molecule has 1 saturated heterocycles. The highest BCUT2D eigenvalue weighted by molar-refractivity contribution is 5.94. The molecule has 1 atom stereocenters. The monoisotopic (exact) mass is 390 g/mol. The number of aryl methyl sites for hydroxylation is 1. The summed E-state index contributed by atoms with van der Waals surface area (Å²) in [4.78, 5) is 16.3. The van der Waals surface area contributed by atoms with Crippen molar-refractivity contribution in [2.75, 3.05) is 18.5 Å². The van der Waals surface area contributed by atoms with Gasteiger partial charge < -0.3 is 15.2 Å². The van der Waals surface area contributed by atoms with Crippen LogP contribution >= 0.6 is 0 Å². The van der Waals surface area contributed by atoms with Crippen LogP contribution in [0.4, 0.5) is 5.69 Å². The molecule has 1 aliphatic heterocycles. The SMILES string of the molecule is Cc1cc(C(C)Nc2ccccc2C(=O)O)c2cc(C3CCOCC3)cnc2c1. The van der Waals surface area contributed by atoms with Crippen molar-refractivity contribution >= 4 is 22.6 Å². The summed E-state index contributed by atoms with van der Waals surface area (Å²) in [5.74, 6) is -0.455. The number of benzene rings is 2. The average Bonchev–Trinajstić information content (AvgIpc) is 2.73. The molecule has 2 aromatic carbocycles. The Labute approximate surface area is 170 Å². The molecule has 0 amide bonds. The van der Waals surface area contributed by atoms with E-state index in [1.165, 1.54) is 5.56 Å². The fraction of sp³-hybridized carbons (Fsp3) is 0.333. The van der Waals surface area contributed by atoms with Gasteiger partial charge in [0.2, 0.25) is 0 Å². The largest absolute Gasteiger partial charge is 0.478 e. The van der Waals surface area contributed by atoms with Crippen LogP contribution < -0.4 is 5.32 Å². The normalized spacial score (nSPS) is 15.9.